The van der Waals surface area contributed by atoms with Crippen molar-refractivity contribution in [2.45, 2.75) is 25.9 Å². The van der Waals surface area contributed by atoms with Gasteiger partial charge >= 0.3 is 0 Å². The predicted molar refractivity (Wildman–Crippen MR) is 90.6 cm³/mol. The number of hydrogen-bond acceptors (Lipinski definition) is 2. The molecule has 23 heavy (non-hydrogen) atoms. The molecule has 3 nitrogen and oxygen atoms in total. The molecule has 0 amide bonds. The third-order valence-electron chi connectivity index (χ3n) is 4.54. The van der Waals surface area contributed by atoms with E-state index in [2.05, 4.69) is 4.90 Å². The van der Waals surface area contributed by atoms with Crippen LogP contribution in [0.25, 0.3) is 22.2 Å². The maximum absolute atomic E-state index is 13.8. The van der Waals surface area contributed by atoms with Gasteiger partial charge in [0.05, 0.1) is 12.2 Å². The molecule has 1 aliphatic rings. The standard InChI is InChI=1S/C19H20FN3/c20-16-9-10-18-17(13-16)19(15-7-3-1-4-8-15)21-23(18)14-22-11-5-2-6-12-22/h1,3-4,7-10,13H,2,5-6,11-12,14H2. The van der Waals surface area contributed by atoms with Gasteiger partial charge in [-0.25, -0.2) is 9.07 Å². The van der Waals surface area contributed by atoms with E-state index in [1.54, 1.807) is 6.07 Å². The number of nitrogens with zero attached hydrogens (tertiary/aromatic N) is 3. The summed E-state index contributed by atoms with van der Waals surface area (Å²) in [5.74, 6) is -0.216. The minimum Gasteiger partial charge on any atom is -0.284 e. The second-order valence-electron chi connectivity index (χ2n) is 6.20. The van der Waals surface area contributed by atoms with Crippen LogP contribution in [0.15, 0.2) is 48.5 Å². The van der Waals surface area contributed by atoms with Gasteiger partial charge in [0.1, 0.15) is 11.5 Å². The van der Waals surface area contributed by atoms with Crippen LogP contribution in [-0.2, 0) is 6.67 Å². The second-order valence-corrected chi connectivity index (χ2v) is 6.20. The maximum Gasteiger partial charge on any atom is 0.124 e. The highest BCUT2D eigenvalue weighted by atomic mass is 19.1. The van der Waals surface area contributed by atoms with Gasteiger partial charge in [-0.05, 0) is 44.1 Å². The van der Waals surface area contributed by atoms with Crippen molar-refractivity contribution >= 4 is 10.9 Å². The van der Waals surface area contributed by atoms with Gasteiger partial charge in [-0.2, -0.15) is 5.10 Å². The molecule has 0 saturated carbocycles. The Balaban J connectivity index is 1.78. The summed E-state index contributed by atoms with van der Waals surface area (Å²) in [6, 6.07) is 15.0. The summed E-state index contributed by atoms with van der Waals surface area (Å²) in [6.07, 6.45) is 3.82. The highest BCUT2D eigenvalue weighted by molar-refractivity contribution is 5.93. The Morgan fingerprint density at radius 2 is 1.74 bits per heavy atom. The monoisotopic (exact) mass is 309 g/mol. The Morgan fingerprint density at radius 1 is 0.957 bits per heavy atom. The molecule has 2 aromatic carbocycles. The first-order chi connectivity index (χ1) is 11.3. The van der Waals surface area contributed by atoms with Crippen molar-refractivity contribution in [3.8, 4) is 11.3 Å². The van der Waals surface area contributed by atoms with Crippen LogP contribution in [0.1, 0.15) is 19.3 Å². The summed E-state index contributed by atoms with van der Waals surface area (Å²) in [5.41, 5.74) is 2.88. The third-order valence-corrected chi connectivity index (χ3v) is 4.54. The molecule has 3 aromatic rings. The SMILES string of the molecule is Fc1ccc2c(c1)c(-c1ccccc1)nn2CN1CCCCC1. The maximum atomic E-state index is 13.8. The number of rotatable bonds is 3. The zero-order chi connectivity index (χ0) is 15.6. The van der Waals surface area contributed by atoms with Crippen LogP contribution in [0.3, 0.4) is 0 Å². The van der Waals surface area contributed by atoms with Gasteiger partial charge in [-0.3, -0.25) is 4.90 Å². The third kappa shape index (κ3) is 2.86. The molecule has 1 saturated heterocycles. The van der Waals surface area contributed by atoms with Gasteiger partial charge in [-0.1, -0.05) is 36.8 Å². The van der Waals surface area contributed by atoms with Gasteiger partial charge in [-0.15, -0.1) is 0 Å². The smallest absolute Gasteiger partial charge is 0.124 e. The van der Waals surface area contributed by atoms with Crippen LogP contribution < -0.4 is 0 Å². The van der Waals surface area contributed by atoms with Gasteiger partial charge in [0.25, 0.3) is 0 Å². The number of halogens is 1. The lowest BCUT2D eigenvalue weighted by molar-refractivity contribution is 0.177. The van der Waals surface area contributed by atoms with Crippen LogP contribution in [0.4, 0.5) is 4.39 Å². The van der Waals surface area contributed by atoms with E-state index in [0.717, 1.165) is 41.9 Å². The van der Waals surface area contributed by atoms with Crippen LogP contribution >= 0.6 is 0 Å². The number of aromatic nitrogens is 2. The fourth-order valence-corrected chi connectivity index (χ4v) is 3.36. The molecule has 0 radical (unpaired) electrons. The van der Waals surface area contributed by atoms with Crippen LogP contribution in [0.5, 0.6) is 0 Å². The van der Waals surface area contributed by atoms with Crippen molar-refractivity contribution in [2.75, 3.05) is 13.1 Å². The number of benzene rings is 2. The average molecular weight is 309 g/mol. The fraction of sp³-hybridized carbons (Fsp3) is 0.316. The highest BCUT2D eigenvalue weighted by Gasteiger charge is 2.16. The van der Waals surface area contributed by atoms with E-state index in [1.807, 2.05) is 41.1 Å². The molecule has 0 N–H and O–H groups in total. The summed E-state index contributed by atoms with van der Waals surface area (Å²) in [7, 11) is 0. The van der Waals surface area contributed by atoms with Crippen molar-refractivity contribution in [2.24, 2.45) is 0 Å². The normalized spacial score (nSPS) is 16.0. The number of piperidine rings is 1. The van der Waals surface area contributed by atoms with Crippen molar-refractivity contribution in [3.63, 3.8) is 0 Å². The van der Waals surface area contributed by atoms with E-state index in [9.17, 15) is 4.39 Å². The first-order valence-corrected chi connectivity index (χ1v) is 8.25. The van der Waals surface area contributed by atoms with Gasteiger partial charge < -0.3 is 0 Å². The predicted octanol–water partition coefficient (Wildman–Crippen LogP) is 4.29. The van der Waals surface area contributed by atoms with E-state index in [4.69, 9.17) is 5.10 Å². The Hall–Kier alpha value is -2.20. The molecule has 0 bridgehead atoms. The van der Waals surface area contributed by atoms with Gasteiger partial charge in [0.2, 0.25) is 0 Å². The van der Waals surface area contributed by atoms with Crippen molar-refractivity contribution in [3.05, 3.63) is 54.3 Å². The molecule has 0 aliphatic carbocycles. The largest absolute Gasteiger partial charge is 0.284 e. The quantitative estimate of drug-likeness (QED) is 0.720. The molecular weight excluding hydrogens is 289 g/mol. The minimum absolute atomic E-state index is 0.216. The summed E-state index contributed by atoms with van der Waals surface area (Å²) in [6.45, 7) is 3.00. The van der Waals surface area contributed by atoms with Crippen LogP contribution in [0.2, 0.25) is 0 Å². The molecule has 1 aliphatic heterocycles. The lowest BCUT2D eigenvalue weighted by Gasteiger charge is -2.26. The van der Waals surface area contributed by atoms with Crippen LogP contribution in [-0.4, -0.2) is 27.8 Å². The van der Waals surface area contributed by atoms with E-state index in [1.165, 1.54) is 25.3 Å². The number of likely N-dealkylation sites (tertiary alicyclic amines) is 1. The summed E-state index contributed by atoms with van der Waals surface area (Å²) in [4.78, 5) is 2.42. The highest BCUT2D eigenvalue weighted by Crippen LogP contribution is 2.29. The lowest BCUT2D eigenvalue weighted by Crippen LogP contribution is -2.32. The van der Waals surface area contributed by atoms with Crippen molar-refractivity contribution in [1.82, 2.24) is 14.7 Å². The van der Waals surface area contributed by atoms with Gasteiger partial charge in [0, 0.05) is 10.9 Å². The fourth-order valence-electron chi connectivity index (χ4n) is 3.36. The van der Waals surface area contributed by atoms with E-state index in [0.29, 0.717) is 0 Å². The van der Waals surface area contributed by atoms with Gasteiger partial charge in [0.15, 0.2) is 0 Å². The molecule has 2 heterocycles. The molecule has 118 valence electrons. The van der Waals surface area contributed by atoms with E-state index < -0.39 is 0 Å². The zero-order valence-corrected chi connectivity index (χ0v) is 13.1. The topological polar surface area (TPSA) is 21.1 Å². The Labute approximate surface area is 135 Å². The first kappa shape index (κ1) is 14.4. The molecule has 0 atom stereocenters. The number of hydrogen-bond donors (Lipinski definition) is 0. The van der Waals surface area contributed by atoms with E-state index >= 15 is 0 Å². The Kier molecular flexibility index (Phi) is 3.83. The van der Waals surface area contributed by atoms with Crippen molar-refractivity contribution in [1.29, 1.82) is 0 Å². The first-order valence-electron chi connectivity index (χ1n) is 8.25. The molecule has 1 aromatic heterocycles. The second kappa shape index (κ2) is 6.13. The van der Waals surface area contributed by atoms with E-state index in [-0.39, 0.29) is 5.82 Å². The Bertz CT molecular complexity index is 804. The van der Waals surface area contributed by atoms with Crippen molar-refractivity contribution < 1.29 is 4.39 Å². The summed E-state index contributed by atoms with van der Waals surface area (Å²) >= 11 is 0. The lowest BCUT2D eigenvalue weighted by atomic mass is 10.1. The number of fused-ring (bicyclic) bond motifs is 1. The molecule has 0 unspecified atom stereocenters. The molecule has 0 spiro atoms. The van der Waals surface area contributed by atoms with Crippen LogP contribution in [0, 0.1) is 5.82 Å². The molecular formula is C19H20FN3. The minimum atomic E-state index is -0.216. The molecule has 1 fully saturated rings. The molecule has 4 heteroatoms. The zero-order valence-electron chi connectivity index (χ0n) is 13.1. The summed E-state index contributed by atoms with van der Waals surface area (Å²) < 4.78 is 15.8. The Morgan fingerprint density at radius 3 is 2.52 bits per heavy atom. The summed E-state index contributed by atoms with van der Waals surface area (Å²) in [5, 5.41) is 5.69. The average Bonchev–Trinajstić information content (AvgIpc) is 2.94. The molecule has 4 rings (SSSR count).